The molecule has 0 saturated heterocycles. The summed E-state index contributed by atoms with van der Waals surface area (Å²) in [6, 6.07) is 2.31. The Morgan fingerprint density at radius 3 is 2.70 bits per heavy atom. The van der Waals surface area contributed by atoms with Crippen LogP contribution in [0.2, 0.25) is 0 Å². The molecular weight excluding hydrogens is 263 g/mol. The van der Waals surface area contributed by atoms with Gasteiger partial charge < -0.3 is 14.9 Å². The topological polar surface area (TPSA) is 78.3 Å². The molecule has 0 aliphatic rings. The molecular formula is C14H15FN2O3. The number of ether oxygens (including phenoxy) is 1. The van der Waals surface area contributed by atoms with E-state index < -0.39 is 11.8 Å². The van der Waals surface area contributed by atoms with Gasteiger partial charge in [-0.15, -0.1) is 0 Å². The quantitative estimate of drug-likeness (QED) is 0.689. The normalized spacial score (nSPS) is 10.6. The van der Waals surface area contributed by atoms with Gasteiger partial charge in [-0.3, -0.25) is 0 Å². The maximum absolute atomic E-state index is 13.3. The molecule has 1 heterocycles. The van der Waals surface area contributed by atoms with Crippen molar-refractivity contribution in [2.24, 2.45) is 0 Å². The van der Waals surface area contributed by atoms with Crippen molar-refractivity contribution in [2.45, 2.75) is 27.4 Å². The molecule has 0 aliphatic carbocycles. The van der Waals surface area contributed by atoms with E-state index >= 15 is 0 Å². The molecule has 0 radical (unpaired) electrons. The number of anilines is 1. The number of benzene rings is 1. The third-order valence-corrected chi connectivity index (χ3v) is 2.97. The van der Waals surface area contributed by atoms with Gasteiger partial charge in [-0.05, 0) is 38.5 Å². The predicted octanol–water partition coefficient (Wildman–Crippen LogP) is 2.68. The highest BCUT2D eigenvalue weighted by molar-refractivity contribution is 5.95. The van der Waals surface area contributed by atoms with Gasteiger partial charge in [-0.2, -0.15) is 0 Å². The molecule has 0 unspecified atom stereocenters. The number of aryl methyl sites for hydroxylation is 3. The van der Waals surface area contributed by atoms with Gasteiger partial charge >= 0.3 is 5.97 Å². The fourth-order valence-corrected chi connectivity index (χ4v) is 1.73. The lowest BCUT2D eigenvalue weighted by Crippen LogP contribution is -2.10. The van der Waals surface area contributed by atoms with E-state index in [9.17, 15) is 9.18 Å². The molecule has 5 nitrogen and oxygen atoms in total. The number of carbonyl (C=O) groups is 1. The van der Waals surface area contributed by atoms with Gasteiger partial charge in [0.1, 0.15) is 11.6 Å². The fraction of sp³-hybridized carbons (Fsp3) is 0.286. The second kappa shape index (κ2) is 5.32. The van der Waals surface area contributed by atoms with Gasteiger partial charge in [0.15, 0.2) is 6.61 Å². The second-order valence-corrected chi connectivity index (χ2v) is 4.51. The zero-order valence-corrected chi connectivity index (χ0v) is 11.5. The van der Waals surface area contributed by atoms with Gasteiger partial charge in [0.05, 0.1) is 11.3 Å². The molecule has 0 aliphatic heterocycles. The number of carbonyl (C=O) groups excluding carboxylic acids is 1. The third-order valence-electron chi connectivity index (χ3n) is 2.97. The minimum atomic E-state index is -0.710. The van der Waals surface area contributed by atoms with Crippen LogP contribution in [0.3, 0.4) is 0 Å². The van der Waals surface area contributed by atoms with Crippen LogP contribution in [0.15, 0.2) is 16.5 Å². The molecule has 1 aromatic heterocycles. The first-order valence-electron chi connectivity index (χ1n) is 6.04. The molecule has 2 rings (SSSR count). The Labute approximate surface area is 115 Å². The average molecular weight is 278 g/mol. The Bertz CT molecular complexity index is 645. The smallest absolute Gasteiger partial charge is 0.340 e. The summed E-state index contributed by atoms with van der Waals surface area (Å²) in [6.07, 6.45) is 0. The summed E-state index contributed by atoms with van der Waals surface area (Å²) in [5.41, 5.74) is 7.17. The summed E-state index contributed by atoms with van der Waals surface area (Å²) in [5, 5.41) is 0. The summed E-state index contributed by atoms with van der Waals surface area (Å²) < 4.78 is 23.6. The SMILES string of the molecule is Cc1cc(F)cc(C(=O)OCc2nc(C)c(C)o2)c1N. The monoisotopic (exact) mass is 278 g/mol. The number of nitrogens with zero attached hydrogens (tertiary/aromatic N) is 1. The van der Waals surface area contributed by atoms with Crippen LogP contribution in [0.25, 0.3) is 0 Å². The molecule has 2 aromatic rings. The zero-order valence-electron chi connectivity index (χ0n) is 11.5. The van der Waals surface area contributed by atoms with E-state index in [-0.39, 0.29) is 17.9 Å². The van der Waals surface area contributed by atoms with E-state index in [0.29, 0.717) is 17.2 Å². The highest BCUT2D eigenvalue weighted by Crippen LogP contribution is 2.20. The molecule has 2 N–H and O–H groups in total. The number of aromatic nitrogens is 1. The number of esters is 1. The Morgan fingerprint density at radius 1 is 1.40 bits per heavy atom. The van der Waals surface area contributed by atoms with E-state index in [1.807, 2.05) is 0 Å². The zero-order chi connectivity index (χ0) is 14.9. The van der Waals surface area contributed by atoms with E-state index in [0.717, 1.165) is 11.8 Å². The maximum Gasteiger partial charge on any atom is 0.340 e. The summed E-state index contributed by atoms with van der Waals surface area (Å²) in [5.74, 6) is -0.290. The molecule has 20 heavy (non-hydrogen) atoms. The van der Waals surface area contributed by atoms with Crippen LogP contribution in [-0.2, 0) is 11.3 Å². The van der Waals surface area contributed by atoms with Crippen LogP contribution in [0.5, 0.6) is 0 Å². The molecule has 1 aromatic carbocycles. The Morgan fingerprint density at radius 2 is 2.10 bits per heavy atom. The van der Waals surface area contributed by atoms with Crippen LogP contribution < -0.4 is 5.73 Å². The van der Waals surface area contributed by atoms with Gasteiger partial charge in [-0.25, -0.2) is 14.2 Å². The molecule has 6 heteroatoms. The number of rotatable bonds is 3. The van der Waals surface area contributed by atoms with Crippen molar-refractivity contribution in [1.29, 1.82) is 0 Å². The Balaban J connectivity index is 2.13. The van der Waals surface area contributed by atoms with E-state index in [4.69, 9.17) is 14.9 Å². The lowest BCUT2D eigenvalue weighted by molar-refractivity contribution is 0.0437. The van der Waals surface area contributed by atoms with Crippen LogP contribution in [-0.4, -0.2) is 11.0 Å². The largest absolute Gasteiger partial charge is 0.452 e. The van der Waals surface area contributed by atoms with E-state index in [1.165, 1.54) is 6.07 Å². The lowest BCUT2D eigenvalue weighted by Gasteiger charge is -2.08. The standard InChI is InChI=1S/C14H15FN2O3/c1-7-4-10(15)5-11(13(7)16)14(18)19-6-12-17-8(2)9(3)20-12/h4-5H,6,16H2,1-3H3. The van der Waals surface area contributed by atoms with Gasteiger partial charge in [-0.1, -0.05) is 0 Å². The van der Waals surface area contributed by atoms with Crippen molar-refractivity contribution in [3.05, 3.63) is 46.4 Å². The fourth-order valence-electron chi connectivity index (χ4n) is 1.73. The molecule has 106 valence electrons. The van der Waals surface area contributed by atoms with Gasteiger partial charge in [0, 0.05) is 5.69 Å². The van der Waals surface area contributed by atoms with Crippen molar-refractivity contribution >= 4 is 11.7 Å². The lowest BCUT2D eigenvalue weighted by atomic mass is 10.1. The Hall–Kier alpha value is -2.37. The van der Waals surface area contributed by atoms with Gasteiger partial charge in [0.2, 0.25) is 5.89 Å². The van der Waals surface area contributed by atoms with Crippen molar-refractivity contribution in [2.75, 3.05) is 5.73 Å². The second-order valence-electron chi connectivity index (χ2n) is 4.51. The molecule has 0 amide bonds. The molecule has 0 saturated carbocycles. The summed E-state index contributed by atoms with van der Waals surface area (Å²) in [6.45, 7) is 5.05. The number of halogens is 1. The minimum Gasteiger partial charge on any atom is -0.452 e. The Kier molecular flexibility index (Phi) is 3.74. The third kappa shape index (κ3) is 2.79. The first-order chi connectivity index (χ1) is 9.38. The summed E-state index contributed by atoms with van der Waals surface area (Å²) in [4.78, 5) is 16.0. The van der Waals surface area contributed by atoms with E-state index in [2.05, 4.69) is 4.98 Å². The number of nitrogens with two attached hydrogens (primary N) is 1. The van der Waals surface area contributed by atoms with Gasteiger partial charge in [0.25, 0.3) is 0 Å². The molecule has 0 fully saturated rings. The summed E-state index contributed by atoms with van der Waals surface area (Å²) in [7, 11) is 0. The molecule has 0 atom stereocenters. The minimum absolute atomic E-state index is 0.00231. The van der Waals surface area contributed by atoms with Crippen LogP contribution in [0.4, 0.5) is 10.1 Å². The average Bonchev–Trinajstić information content (AvgIpc) is 2.70. The van der Waals surface area contributed by atoms with Crippen LogP contribution >= 0.6 is 0 Å². The highest BCUT2D eigenvalue weighted by Gasteiger charge is 2.16. The first kappa shape index (κ1) is 14.0. The highest BCUT2D eigenvalue weighted by atomic mass is 19.1. The number of nitrogen functional groups attached to an aromatic ring is 1. The summed E-state index contributed by atoms with van der Waals surface area (Å²) >= 11 is 0. The molecule has 0 spiro atoms. The van der Waals surface area contributed by atoms with Crippen LogP contribution in [0.1, 0.15) is 33.3 Å². The number of hydrogen-bond donors (Lipinski definition) is 1. The number of oxazole rings is 1. The van der Waals surface area contributed by atoms with Crippen molar-refractivity contribution in [1.82, 2.24) is 4.98 Å². The van der Waals surface area contributed by atoms with E-state index in [1.54, 1.807) is 20.8 Å². The van der Waals surface area contributed by atoms with Crippen molar-refractivity contribution < 1.29 is 18.3 Å². The van der Waals surface area contributed by atoms with Crippen molar-refractivity contribution in [3.8, 4) is 0 Å². The van der Waals surface area contributed by atoms with Crippen molar-refractivity contribution in [3.63, 3.8) is 0 Å². The number of hydrogen-bond acceptors (Lipinski definition) is 5. The predicted molar refractivity (Wildman–Crippen MR) is 70.6 cm³/mol. The molecule has 0 bridgehead atoms. The van der Waals surface area contributed by atoms with Crippen LogP contribution in [0, 0.1) is 26.6 Å². The maximum atomic E-state index is 13.3. The first-order valence-corrected chi connectivity index (χ1v) is 6.04.